The molecule has 1 unspecified atom stereocenters. The second-order valence-corrected chi connectivity index (χ2v) is 23.8. The number of benzene rings is 3. The Labute approximate surface area is 421 Å². The topological polar surface area (TPSA) is 183 Å². The Morgan fingerprint density at radius 1 is 0.859 bits per heavy atom. The zero-order valence-corrected chi connectivity index (χ0v) is 43.2. The summed E-state index contributed by atoms with van der Waals surface area (Å²) < 4.78 is 22.9. The molecule has 0 saturated carbocycles. The molecule has 17 nitrogen and oxygen atoms in total. The Morgan fingerprint density at radius 2 is 1.63 bits per heavy atom. The normalized spacial score (nSPS) is 20.1. The fourth-order valence-electron chi connectivity index (χ4n) is 11.6. The summed E-state index contributed by atoms with van der Waals surface area (Å²) in [6, 6.07) is 18.7. The molecule has 5 saturated heterocycles. The van der Waals surface area contributed by atoms with Crippen LogP contribution in [0.15, 0.2) is 65.3 Å². The number of carbonyl (C=O) groups excluding carboxylic acids is 3. The van der Waals surface area contributed by atoms with E-state index in [1.165, 1.54) is 0 Å². The summed E-state index contributed by atoms with van der Waals surface area (Å²) in [5.41, 5.74) is 8.20. The lowest BCUT2D eigenvalue weighted by Gasteiger charge is -2.46. The number of carbonyl (C=O) groups is 3. The first-order valence-corrected chi connectivity index (χ1v) is 27.8. The summed E-state index contributed by atoms with van der Waals surface area (Å²) in [5.74, 6) is 0.817. The molecular weight excluding hydrogens is 984 g/mol. The van der Waals surface area contributed by atoms with Gasteiger partial charge in [-0.1, -0.05) is 18.2 Å². The van der Waals surface area contributed by atoms with Gasteiger partial charge in [-0.3, -0.25) is 34.3 Å². The average molecular weight is 1040 g/mol. The Balaban J connectivity index is 0.692. The van der Waals surface area contributed by atoms with Gasteiger partial charge in [0.25, 0.3) is 0 Å². The third kappa shape index (κ3) is 9.00. The third-order valence-corrected chi connectivity index (χ3v) is 19.4. The van der Waals surface area contributed by atoms with Gasteiger partial charge in [-0.2, -0.15) is 10.1 Å². The Kier molecular flexibility index (Phi) is 12.7. The molecule has 3 aromatic carbocycles. The first kappa shape index (κ1) is 47.2. The molecule has 0 radical (unpaired) electrons. The van der Waals surface area contributed by atoms with Crippen LogP contribution in [0.5, 0.6) is 5.75 Å². The van der Waals surface area contributed by atoms with E-state index in [1.807, 2.05) is 55.1 Å². The van der Waals surface area contributed by atoms with Crippen LogP contribution in [0.4, 0.5) is 34.5 Å². The van der Waals surface area contributed by atoms with Gasteiger partial charge in [0, 0.05) is 124 Å². The van der Waals surface area contributed by atoms with Gasteiger partial charge in [0.15, 0.2) is 0 Å². The van der Waals surface area contributed by atoms with Crippen LogP contribution >= 0.6 is 23.1 Å². The predicted molar refractivity (Wildman–Crippen MR) is 282 cm³/mol. The molecule has 370 valence electrons. The number of anilines is 6. The molecule has 19 heteroatoms. The van der Waals surface area contributed by atoms with Crippen LogP contribution in [-0.4, -0.2) is 130 Å². The van der Waals surface area contributed by atoms with Crippen molar-refractivity contribution in [2.24, 2.45) is 13.0 Å². The number of piperidine rings is 2. The molecule has 11 rings (SSSR count). The SMILES string of the molecule is COc1cc(N2CCC(N3CCN(C(=O)C4CN(c5cccc6c(C7CCC(=O)NC7=O)nn(C)c56)C4)CC3)CC2)c(C)cc1Nc1ncc(Br)c(Nc2ccc3nc(C)ccc3c2P2(=O)CCCC2)n1. The lowest BCUT2D eigenvalue weighted by Crippen LogP contribution is -2.59. The Bertz CT molecular complexity index is 3130. The molecule has 3 amide bonds. The number of piperazine rings is 1. The van der Waals surface area contributed by atoms with Crippen molar-refractivity contribution in [3.8, 4) is 5.75 Å². The number of amides is 3. The zero-order valence-electron chi connectivity index (χ0n) is 40.7. The van der Waals surface area contributed by atoms with Gasteiger partial charge in [-0.25, -0.2) is 4.98 Å². The largest absolute Gasteiger partial charge is 0.494 e. The van der Waals surface area contributed by atoms with E-state index in [1.54, 1.807) is 13.3 Å². The van der Waals surface area contributed by atoms with Crippen molar-refractivity contribution in [1.82, 2.24) is 39.8 Å². The van der Waals surface area contributed by atoms with Crippen molar-refractivity contribution in [1.29, 1.82) is 0 Å². The maximum atomic E-state index is 14.5. The predicted octanol–water partition coefficient (Wildman–Crippen LogP) is 7.34. The number of pyridine rings is 1. The number of hydrogen-bond acceptors (Lipinski definition) is 14. The van der Waals surface area contributed by atoms with Crippen LogP contribution in [0.3, 0.4) is 0 Å². The molecule has 1 atom stereocenters. The van der Waals surface area contributed by atoms with Gasteiger partial charge in [0.05, 0.1) is 57.2 Å². The first-order valence-electron chi connectivity index (χ1n) is 24.9. The smallest absolute Gasteiger partial charge is 0.235 e. The average Bonchev–Trinajstić information content (AvgIpc) is 3.95. The molecule has 0 spiro atoms. The summed E-state index contributed by atoms with van der Waals surface area (Å²) in [7, 11) is 0.932. The number of rotatable bonds is 11. The number of fused-ring (bicyclic) bond motifs is 2. The number of ether oxygens (including phenoxy) is 1. The third-order valence-electron chi connectivity index (χ3n) is 15.4. The van der Waals surface area contributed by atoms with Gasteiger partial charge < -0.3 is 34.6 Å². The number of aromatic nitrogens is 5. The molecular formula is C52H60BrN12O5P. The molecule has 0 aliphatic carbocycles. The van der Waals surface area contributed by atoms with E-state index in [2.05, 4.69) is 81.6 Å². The quantitative estimate of drug-likeness (QED) is 0.0866. The van der Waals surface area contributed by atoms with Crippen molar-refractivity contribution >= 4 is 102 Å². The first-order chi connectivity index (χ1) is 34.3. The van der Waals surface area contributed by atoms with Crippen LogP contribution in [0, 0.1) is 19.8 Å². The standard InChI is InChI=1S/C52H60BrN12O5P/c1-31-26-41(57-52-54-28-38(53)49(59-52)56-40-14-13-39-35(11-10-32(2)55-39)48(40)71(69)24-5-6-25-71)44(70-4)27-43(31)63-18-16-34(17-19-63)62-20-22-64(23-21-62)51(68)33-29-65(30-33)42-9-7-8-36-46(60-61(3)47(36)42)37-12-15-45(66)58-50(37)67/h7-11,13-14,26-28,33-34,37H,5-6,12,15-25,29-30H2,1-4H3,(H,58,66,67)(H2,54,56,57,59). The highest BCUT2D eigenvalue weighted by atomic mass is 79.9. The van der Waals surface area contributed by atoms with Gasteiger partial charge in [-0.05, 0) is 97.8 Å². The minimum Gasteiger partial charge on any atom is -0.494 e. The number of halogens is 1. The van der Waals surface area contributed by atoms with Crippen LogP contribution in [-0.2, 0) is 26.0 Å². The van der Waals surface area contributed by atoms with Crippen molar-refractivity contribution in [3.63, 3.8) is 0 Å². The lowest BCUT2D eigenvalue weighted by atomic mass is 9.92. The van der Waals surface area contributed by atoms with E-state index in [4.69, 9.17) is 19.8 Å². The van der Waals surface area contributed by atoms with E-state index in [0.29, 0.717) is 72.0 Å². The monoisotopic (exact) mass is 1040 g/mol. The fourth-order valence-corrected chi connectivity index (χ4v) is 15.3. The summed E-state index contributed by atoms with van der Waals surface area (Å²) in [6.07, 6.45) is 7.82. The van der Waals surface area contributed by atoms with E-state index in [-0.39, 0.29) is 23.6 Å². The van der Waals surface area contributed by atoms with E-state index in [9.17, 15) is 18.9 Å². The molecule has 6 aromatic rings. The summed E-state index contributed by atoms with van der Waals surface area (Å²) >= 11 is 3.66. The highest BCUT2D eigenvalue weighted by Crippen LogP contribution is 2.54. The second-order valence-electron chi connectivity index (χ2n) is 19.9. The Hall–Kier alpha value is -6.10. The molecule has 0 bridgehead atoms. The van der Waals surface area contributed by atoms with Gasteiger partial charge in [0.2, 0.25) is 23.7 Å². The maximum Gasteiger partial charge on any atom is 0.235 e. The van der Waals surface area contributed by atoms with Crippen LogP contribution in [0.1, 0.15) is 61.4 Å². The number of hydrogen-bond donors (Lipinski definition) is 3. The molecule has 3 aromatic heterocycles. The number of nitrogens with zero attached hydrogens (tertiary/aromatic N) is 9. The van der Waals surface area contributed by atoms with E-state index in [0.717, 1.165) is 126 Å². The van der Waals surface area contributed by atoms with Gasteiger partial charge in [-0.15, -0.1) is 0 Å². The molecule has 5 aliphatic heterocycles. The van der Waals surface area contributed by atoms with Gasteiger partial charge in [0.1, 0.15) is 18.7 Å². The summed E-state index contributed by atoms with van der Waals surface area (Å²) in [4.78, 5) is 61.9. The molecule has 5 aliphatic rings. The fraction of sp³-hybridized carbons (Fsp3) is 0.442. The van der Waals surface area contributed by atoms with Crippen molar-refractivity contribution in [2.75, 3.05) is 92.2 Å². The van der Waals surface area contributed by atoms with Crippen molar-refractivity contribution in [2.45, 2.75) is 64.3 Å². The number of para-hydroxylation sites is 1. The highest BCUT2D eigenvalue weighted by molar-refractivity contribution is 9.10. The zero-order chi connectivity index (χ0) is 49.1. The molecule has 8 heterocycles. The lowest BCUT2D eigenvalue weighted by molar-refractivity contribution is -0.138. The molecule has 3 N–H and O–H groups in total. The number of methoxy groups -OCH3 is 1. The minimum absolute atomic E-state index is 0.0608. The van der Waals surface area contributed by atoms with E-state index >= 15 is 0 Å². The number of nitrogens with one attached hydrogen (secondary N) is 3. The second kappa shape index (κ2) is 19.1. The van der Waals surface area contributed by atoms with E-state index < -0.39 is 13.1 Å². The summed E-state index contributed by atoms with van der Waals surface area (Å²) in [5, 5.41) is 16.8. The maximum absolute atomic E-state index is 14.5. The summed E-state index contributed by atoms with van der Waals surface area (Å²) in [6.45, 7) is 10.4. The van der Waals surface area contributed by atoms with Gasteiger partial charge >= 0.3 is 0 Å². The van der Waals surface area contributed by atoms with Crippen LogP contribution in [0.25, 0.3) is 21.8 Å². The molecule has 71 heavy (non-hydrogen) atoms. The Morgan fingerprint density at radius 3 is 2.38 bits per heavy atom. The number of imide groups is 1. The van der Waals surface area contributed by atoms with Crippen molar-refractivity contribution < 1.29 is 23.7 Å². The highest BCUT2D eigenvalue weighted by Gasteiger charge is 2.40. The molecule has 5 fully saturated rings. The van der Waals surface area contributed by atoms with Crippen LogP contribution in [0.2, 0.25) is 0 Å². The minimum atomic E-state index is -2.64. The van der Waals surface area contributed by atoms with Crippen LogP contribution < -0.4 is 35.8 Å². The van der Waals surface area contributed by atoms with Crippen molar-refractivity contribution in [3.05, 3.63) is 82.2 Å². The number of aryl methyl sites for hydroxylation is 3.